The summed E-state index contributed by atoms with van der Waals surface area (Å²) >= 11 is 0. The van der Waals surface area contributed by atoms with Gasteiger partial charge >= 0.3 is 0 Å². The number of carbonyl (C=O) groups is 1. The van der Waals surface area contributed by atoms with Crippen molar-refractivity contribution in [3.8, 4) is 16.9 Å². The van der Waals surface area contributed by atoms with Crippen molar-refractivity contribution in [3.63, 3.8) is 0 Å². The minimum absolute atomic E-state index is 0.116. The van der Waals surface area contributed by atoms with E-state index in [2.05, 4.69) is 10.3 Å². The highest BCUT2D eigenvalue weighted by atomic mass is 17.0. The Labute approximate surface area is 136 Å². The van der Waals surface area contributed by atoms with Crippen LogP contribution < -0.4 is 5.32 Å². The topological polar surface area (TPSA) is 91.4 Å². The van der Waals surface area contributed by atoms with Gasteiger partial charge < -0.3 is 15.4 Å². The lowest BCUT2D eigenvalue weighted by atomic mass is 9.93. The van der Waals surface area contributed by atoms with E-state index in [-0.39, 0.29) is 17.7 Å². The molecule has 24 heavy (non-hydrogen) atoms. The van der Waals surface area contributed by atoms with Gasteiger partial charge in [0.2, 0.25) is 11.2 Å². The lowest BCUT2D eigenvalue weighted by Gasteiger charge is -2.17. The van der Waals surface area contributed by atoms with E-state index in [1.54, 1.807) is 18.2 Å². The highest BCUT2D eigenvalue weighted by Gasteiger charge is 2.30. The molecule has 1 amide bonds. The first-order valence-corrected chi connectivity index (χ1v) is 7.84. The Balaban J connectivity index is 1.93. The van der Waals surface area contributed by atoms with Gasteiger partial charge in [0.05, 0.1) is 6.04 Å². The van der Waals surface area contributed by atoms with Gasteiger partial charge in [-0.05, 0) is 47.9 Å². The minimum Gasteiger partial charge on any atom is -0.508 e. The summed E-state index contributed by atoms with van der Waals surface area (Å²) in [5, 5.41) is 13.7. The lowest BCUT2D eigenvalue weighted by molar-refractivity contribution is 0.0588. The zero-order valence-electron chi connectivity index (χ0n) is 12.8. The summed E-state index contributed by atoms with van der Waals surface area (Å²) in [6.07, 6.45) is 0.756. The first-order chi connectivity index (χ1) is 11.7. The van der Waals surface area contributed by atoms with E-state index in [0.717, 1.165) is 34.0 Å². The average Bonchev–Trinajstić information content (AvgIpc) is 2.87. The molecule has 0 aliphatic carbocycles. The quantitative estimate of drug-likeness (QED) is 0.461. The molecule has 0 bridgehead atoms. The number of phenols is 1. The van der Waals surface area contributed by atoms with Crippen LogP contribution >= 0.6 is 0 Å². The minimum atomic E-state index is -0.159. The molecule has 0 saturated carbocycles. The average molecular weight is 322 g/mol. The second-order valence-corrected chi connectivity index (χ2v) is 6.09. The summed E-state index contributed by atoms with van der Waals surface area (Å²) in [6.45, 7) is 2.02. The smallest absolute Gasteiger partial charge is 0.268 e. The van der Waals surface area contributed by atoms with Crippen LogP contribution in [0.1, 0.15) is 35.4 Å². The van der Waals surface area contributed by atoms with Gasteiger partial charge in [-0.15, -0.1) is 0 Å². The molecule has 120 valence electrons. The molecule has 2 aromatic heterocycles. The number of phenolic OH excluding ortho intramolecular Hbond substituents is 1. The van der Waals surface area contributed by atoms with Crippen LogP contribution in [0.2, 0.25) is 0 Å². The van der Waals surface area contributed by atoms with Crippen LogP contribution in [0.25, 0.3) is 33.2 Å². The third kappa shape index (κ3) is 1.62. The molecule has 5 rings (SSSR count). The van der Waals surface area contributed by atoms with Gasteiger partial charge in [-0.1, -0.05) is 6.92 Å². The molecule has 1 unspecified atom stereocenters. The third-order valence-corrected chi connectivity index (χ3v) is 4.70. The molecule has 0 spiro atoms. The van der Waals surface area contributed by atoms with Crippen LogP contribution in [0.5, 0.6) is 5.75 Å². The predicted molar refractivity (Wildman–Crippen MR) is 87.9 cm³/mol. The third-order valence-electron chi connectivity index (χ3n) is 4.70. The Kier molecular flexibility index (Phi) is 2.46. The normalized spacial score (nSPS) is 16.9. The van der Waals surface area contributed by atoms with E-state index in [1.807, 2.05) is 19.1 Å². The second-order valence-electron chi connectivity index (χ2n) is 6.09. The van der Waals surface area contributed by atoms with Crippen molar-refractivity contribution in [1.29, 1.82) is 0 Å². The van der Waals surface area contributed by atoms with E-state index < -0.39 is 0 Å². The zero-order valence-corrected chi connectivity index (χ0v) is 12.8. The summed E-state index contributed by atoms with van der Waals surface area (Å²) in [4.78, 5) is 15.9. The van der Waals surface area contributed by atoms with Crippen LogP contribution in [0.15, 0.2) is 39.5 Å². The fourth-order valence-electron chi connectivity index (χ4n) is 3.53. The van der Waals surface area contributed by atoms with E-state index in [1.165, 1.54) is 0 Å². The van der Waals surface area contributed by atoms with Gasteiger partial charge in [0.1, 0.15) is 11.4 Å². The SMILES string of the molecule is CCC1NC(=O)c2[nH]c3ccc(O)cc3c2-c2cc3ooc3cc21. The first kappa shape index (κ1) is 13.3. The Morgan fingerprint density at radius 2 is 1.96 bits per heavy atom. The maximum Gasteiger partial charge on any atom is 0.268 e. The second kappa shape index (κ2) is 4.44. The summed E-state index contributed by atoms with van der Waals surface area (Å²) in [6, 6.07) is 8.73. The molecular formula is C18H14N2O4. The maximum atomic E-state index is 12.7. The Morgan fingerprint density at radius 1 is 1.17 bits per heavy atom. The molecule has 6 nitrogen and oxygen atoms in total. The van der Waals surface area contributed by atoms with Crippen LogP contribution in [-0.2, 0) is 0 Å². The van der Waals surface area contributed by atoms with Gasteiger partial charge in [0.25, 0.3) is 5.91 Å². The number of fused-ring (bicyclic) bond motifs is 6. The number of nitrogens with one attached hydrogen (secondary N) is 2. The van der Waals surface area contributed by atoms with Crippen molar-refractivity contribution >= 4 is 28.0 Å². The molecule has 3 N–H and O–H groups in total. The Bertz CT molecular complexity index is 1120. The molecule has 0 fully saturated rings. The maximum absolute atomic E-state index is 12.7. The van der Waals surface area contributed by atoms with Gasteiger partial charge in [-0.2, -0.15) is 0 Å². The standard InChI is InChI=1S/C18H14N2O4/c1-2-12-9-6-14-15(24-23-14)7-10(9)16-11-5-8(21)3-4-13(11)19-17(16)18(22)20-12/h3-7,12,19,21H,2H2,1H3,(H,20,22). The zero-order chi connectivity index (χ0) is 16.4. The van der Waals surface area contributed by atoms with E-state index in [0.29, 0.717) is 16.9 Å². The number of aromatic amines is 1. The number of H-pyrrole nitrogens is 1. The first-order valence-electron chi connectivity index (χ1n) is 7.84. The fourth-order valence-corrected chi connectivity index (χ4v) is 3.53. The van der Waals surface area contributed by atoms with Crippen LogP contribution in [-0.4, -0.2) is 16.0 Å². The van der Waals surface area contributed by atoms with Crippen molar-refractivity contribution in [1.82, 2.24) is 10.3 Å². The highest BCUT2D eigenvalue weighted by molar-refractivity contribution is 6.12. The lowest BCUT2D eigenvalue weighted by Crippen LogP contribution is -2.27. The Morgan fingerprint density at radius 3 is 2.71 bits per heavy atom. The molecule has 6 heteroatoms. The number of aromatic hydroxyl groups is 1. The van der Waals surface area contributed by atoms with E-state index >= 15 is 0 Å². The molecule has 2 aromatic carbocycles. The molecular weight excluding hydrogens is 308 g/mol. The van der Waals surface area contributed by atoms with E-state index in [4.69, 9.17) is 9.15 Å². The highest BCUT2D eigenvalue weighted by Crippen LogP contribution is 2.42. The summed E-state index contributed by atoms with van der Waals surface area (Å²) < 4.78 is 10.1. The van der Waals surface area contributed by atoms with Crippen molar-refractivity contribution < 1.29 is 19.1 Å². The van der Waals surface area contributed by atoms with Crippen molar-refractivity contribution in [3.05, 3.63) is 41.6 Å². The number of carbonyl (C=O) groups excluding carboxylic acids is 1. The Hall–Kier alpha value is -3.15. The summed E-state index contributed by atoms with van der Waals surface area (Å²) in [5.41, 5.74) is 5.29. The van der Waals surface area contributed by atoms with Gasteiger partial charge in [0.15, 0.2) is 0 Å². The molecule has 0 radical (unpaired) electrons. The molecule has 1 atom stereocenters. The van der Waals surface area contributed by atoms with Gasteiger partial charge in [-0.25, -0.2) is 0 Å². The molecule has 3 heterocycles. The predicted octanol–water partition coefficient (Wildman–Crippen LogP) is 4.07. The van der Waals surface area contributed by atoms with E-state index in [9.17, 15) is 9.90 Å². The van der Waals surface area contributed by atoms with Crippen LogP contribution in [0.3, 0.4) is 0 Å². The number of aromatic nitrogens is 1. The number of amides is 1. The van der Waals surface area contributed by atoms with Crippen molar-refractivity contribution in [2.45, 2.75) is 19.4 Å². The van der Waals surface area contributed by atoms with Crippen LogP contribution in [0.4, 0.5) is 0 Å². The summed E-state index contributed by atoms with van der Waals surface area (Å²) in [7, 11) is 0. The van der Waals surface area contributed by atoms with Crippen LogP contribution in [0, 0.1) is 0 Å². The molecule has 0 saturated heterocycles. The monoisotopic (exact) mass is 322 g/mol. The van der Waals surface area contributed by atoms with Gasteiger partial charge in [-0.3, -0.25) is 13.9 Å². The van der Waals surface area contributed by atoms with Crippen molar-refractivity contribution in [2.24, 2.45) is 0 Å². The van der Waals surface area contributed by atoms with Gasteiger partial charge in [0, 0.05) is 16.5 Å². The number of hydrogen-bond donors (Lipinski definition) is 3. The molecule has 1 aliphatic heterocycles. The number of hydrogen-bond acceptors (Lipinski definition) is 4. The number of benzene rings is 2. The largest absolute Gasteiger partial charge is 0.508 e. The summed E-state index contributed by atoms with van der Waals surface area (Å²) in [5.74, 6) is -0.000934. The van der Waals surface area contributed by atoms with Crippen molar-refractivity contribution in [2.75, 3.05) is 0 Å². The number of rotatable bonds is 1. The molecule has 4 aromatic rings. The fraction of sp³-hybridized carbons (Fsp3) is 0.167. The molecule has 1 aliphatic rings.